The standard InChI is InChI=1S/C10H10ClO/c11-9-5-2-1-4-8(9)10(12)6-3-7-10/h1-2,4-5H,3,6-7H2. The summed E-state index contributed by atoms with van der Waals surface area (Å²) >= 11 is 5.92. The highest BCUT2D eigenvalue weighted by Gasteiger charge is 2.39. The Morgan fingerprint density at radius 2 is 1.92 bits per heavy atom. The van der Waals surface area contributed by atoms with Gasteiger partial charge in [0.05, 0.1) is 0 Å². The lowest BCUT2D eigenvalue weighted by Gasteiger charge is -2.34. The average Bonchev–Trinajstić information content (AvgIpc) is 2.01. The van der Waals surface area contributed by atoms with E-state index in [1.165, 1.54) is 0 Å². The Kier molecular flexibility index (Phi) is 1.85. The van der Waals surface area contributed by atoms with E-state index in [2.05, 4.69) is 0 Å². The molecule has 63 valence electrons. The predicted octanol–water partition coefficient (Wildman–Crippen LogP) is 3.15. The van der Waals surface area contributed by atoms with E-state index in [-0.39, 0.29) is 0 Å². The predicted molar refractivity (Wildman–Crippen MR) is 47.7 cm³/mol. The zero-order chi connectivity index (χ0) is 8.60. The monoisotopic (exact) mass is 181 g/mol. The first kappa shape index (κ1) is 8.09. The second-order valence-corrected chi connectivity index (χ2v) is 3.73. The molecule has 1 nitrogen and oxygen atoms in total. The molecule has 0 bridgehead atoms. The van der Waals surface area contributed by atoms with E-state index >= 15 is 0 Å². The Bertz CT molecular complexity index is 292. The summed E-state index contributed by atoms with van der Waals surface area (Å²) in [6, 6.07) is 7.36. The van der Waals surface area contributed by atoms with Crippen molar-refractivity contribution in [1.29, 1.82) is 0 Å². The van der Waals surface area contributed by atoms with Crippen LogP contribution in [0.25, 0.3) is 0 Å². The van der Waals surface area contributed by atoms with Crippen LogP contribution in [0.2, 0.25) is 5.02 Å². The molecule has 0 atom stereocenters. The van der Waals surface area contributed by atoms with E-state index in [9.17, 15) is 5.11 Å². The molecule has 1 aliphatic carbocycles. The zero-order valence-electron chi connectivity index (χ0n) is 6.72. The fourth-order valence-electron chi connectivity index (χ4n) is 1.60. The van der Waals surface area contributed by atoms with Gasteiger partial charge in [-0.25, -0.2) is 5.11 Å². The van der Waals surface area contributed by atoms with Crippen molar-refractivity contribution in [2.75, 3.05) is 0 Å². The molecule has 1 aliphatic rings. The van der Waals surface area contributed by atoms with Gasteiger partial charge in [0.25, 0.3) is 0 Å². The van der Waals surface area contributed by atoms with Crippen LogP contribution in [0.3, 0.4) is 0 Å². The van der Waals surface area contributed by atoms with E-state index in [4.69, 9.17) is 11.6 Å². The molecule has 0 saturated heterocycles. The van der Waals surface area contributed by atoms with Gasteiger partial charge in [0.2, 0.25) is 0 Å². The summed E-state index contributed by atoms with van der Waals surface area (Å²) in [5.41, 5.74) is -0.101. The van der Waals surface area contributed by atoms with Crippen molar-refractivity contribution >= 4 is 11.6 Å². The highest BCUT2D eigenvalue weighted by Crippen LogP contribution is 2.44. The molecule has 1 fully saturated rings. The first-order valence-electron chi connectivity index (χ1n) is 4.18. The van der Waals surface area contributed by atoms with Gasteiger partial charge >= 0.3 is 0 Å². The van der Waals surface area contributed by atoms with Crippen LogP contribution < -0.4 is 0 Å². The lowest BCUT2D eigenvalue weighted by atomic mass is 9.75. The van der Waals surface area contributed by atoms with E-state index < -0.39 is 5.60 Å². The minimum Gasteiger partial charge on any atom is -0.224 e. The quantitative estimate of drug-likeness (QED) is 0.635. The van der Waals surface area contributed by atoms with Crippen LogP contribution in [0.4, 0.5) is 0 Å². The third-order valence-corrected chi connectivity index (χ3v) is 2.86. The molecular formula is C10H10ClO. The van der Waals surface area contributed by atoms with Crippen LogP contribution in [-0.2, 0) is 10.7 Å². The van der Waals surface area contributed by atoms with Crippen molar-refractivity contribution in [3.63, 3.8) is 0 Å². The summed E-state index contributed by atoms with van der Waals surface area (Å²) in [5.74, 6) is 0. The SMILES string of the molecule is [O]C1(c2ccccc2Cl)CCC1. The summed E-state index contributed by atoms with van der Waals surface area (Å²) in [6.07, 6.45) is 2.50. The minimum absolute atomic E-state index is 0.618. The van der Waals surface area contributed by atoms with Gasteiger partial charge in [-0.05, 0) is 25.3 Å². The number of rotatable bonds is 1. The number of hydrogen-bond donors (Lipinski definition) is 0. The van der Waals surface area contributed by atoms with E-state index in [1.54, 1.807) is 6.07 Å². The lowest BCUT2D eigenvalue weighted by Crippen LogP contribution is -2.32. The van der Waals surface area contributed by atoms with E-state index in [0.717, 1.165) is 24.8 Å². The van der Waals surface area contributed by atoms with Gasteiger partial charge in [-0.1, -0.05) is 29.8 Å². The van der Waals surface area contributed by atoms with Crippen LogP contribution in [-0.4, -0.2) is 0 Å². The maximum atomic E-state index is 11.9. The Hall–Kier alpha value is -0.530. The molecule has 0 amide bonds. The number of benzene rings is 1. The highest BCUT2D eigenvalue weighted by atomic mass is 35.5. The van der Waals surface area contributed by atoms with Crippen LogP contribution in [0.5, 0.6) is 0 Å². The molecule has 1 saturated carbocycles. The largest absolute Gasteiger partial charge is 0.224 e. The Morgan fingerprint density at radius 3 is 2.42 bits per heavy atom. The Morgan fingerprint density at radius 1 is 1.25 bits per heavy atom. The molecule has 0 N–H and O–H groups in total. The van der Waals surface area contributed by atoms with Crippen LogP contribution in [0, 0.1) is 0 Å². The molecule has 0 heterocycles. The smallest absolute Gasteiger partial charge is 0.130 e. The first-order valence-corrected chi connectivity index (χ1v) is 4.56. The van der Waals surface area contributed by atoms with Gasteiger partial charge in [-0.3, -0.25) is 0 Å². The minimum atomic E-state index is -0.877. The molecule has 12 heavy (non-hydrogen) atoms. The molecular weight excluding hydrogens is 172 g/mol. The van der Waals surface area contributed by atoms with E-state index in [0.29, 0.717) is 5.02 Å². The molecule has 0 unspecified atom stereocenters. The van der Waals surface area contributed by atoms with Gasteiger partial charge in [-0.15, -0.1) is 0 Å². The summed E-state index contributed by atoms with van der Waals surface area (Å²) in [7, 11) is 0. The number of halogens is 1. The zero-order valence-corrected chi connectivity index (χ0v) is 7.47. The van der Waals surface area contributed by atoms with Gasteiger partial charge in [-0.2, -0.15) is 0 Å². The lowest BCUT2D eigenvalue weighted by molar-refractivity contribution is -0.0983. The summed E-state index contributed by atoms with van der Waals surface area (Å²) in [6.45, 7) is 0. The van der Waals surface area contributed by atoms with Crippen molar-refractivity contribution in [3.05, 3.63) is 34.9 Å². The second-order valence-electron chi connectivity index (χ2n) is 3.33. The Labute approximate surface area is 77.0 Å². The Balaban J connectivity index is 2.39. The molecule has 1 radical (unpaired) electrons. The topological polar surface area (TPSA) is 19.9 Å². The average molecular weight is 182 g/mol. The molecule has 0 aliphatic heterocycles. The van der Waals surface area contributed by atoms with Gasteiger partial charge in [0.1, 0.15) is 5.60 Å². The summed E-state index contributed by atoms with van der Waals surface area (Å²) < 4.78 is 0. The normalized spacial score (nSPS) is 20.2. The molecule has 0 aromatic heterocycles. The van der Waals surface area contributed by atoms with Crippen LogP contribution >= 0.6 is 11.6 Å². The van der Waals surface area contributed by atoms with Crippen molar-refractivity contribution in [2.45, 2.75) is 24.9 Å². The van der Waals surface area contributed by atoms with Crippen molar-refractivity contribution < 1.29 is 5.11 Å². The highest BCUT2D eigenvalue weighted by molar-refractivity contribution is 6.31. The second kappa shape index (κ2) is 2.75. The molecule has 1 aromatic carbocycles. The van der Waals surface area contributed by atoms with Gasteiger partial charge in [0, 0.05) is 10.6 Å². The molecule has 1 aromatic rings. The van der Waals surface area contributed by atoms with Crippen molar-refractivity contribution in [1.82, 2.24) is 0 Å². The maximum absolute atomic E-state index is 11.9. The van der Waals surface area contributed by atoms with Crippen LogP contribution in [0.15, 0.2) is 24.3 Å². The summed E-state index contributed by atoms with van der Waals surface area (Å²) in [5, 5.41) is 12.5. The van der Waals surface area contributed by atoms with E-state index in [1.807, 2.05) is 18.2 Å². The molecule has 2 heteroatoms. The third kappa shape index (κ3) is 1.13. The van der Waals surface area contributed by atoms with Crippen LogP contribution in [0.1, 0.15) is 24.8 Å². The first-order chi connectivity index (χ1) is 5.72. The van der Waals surface area contributed by atoms with Crippen molar-refractivity contribution in [2.24, 2.45) is 0 Å². The molecule has 2 rings (SSSR count). The molecule has 0 spiro atoms. The van der Waals surface area contributed by atoms with Gasteiger partial charge < -0.3 is 0 Å². The number of hydrogen-bond acceptors (Lipinski definition) is 0. The third-order valence-electron chi connectivity index (χ3n) is 2.53. The maximum Gasteiger partial charge on any atom is 0.130 e. The van der Waals surface area contributed by atoms with Crippen molar-refractivity contribution in [3.8, 4) is 0 Å². The van der Waals surface area contributed by atoms with Gasteiger partial charge in [0.15, 0.2) is 0 Å². The summed E-state index contributed by atoms with van der Waals surface area (Å²) in [4.78, 5) is 0. The fourth-order valence-corrected chi connectivity index (χ4v) is 1.91. The fraction of sp³-hybridized carbons (Fsp3) is 0.400.